The minimum atomic E-state index is -0.513. The molecule has 0 spiro atoms. The monoisotopic (exact) mass is 431 g/mol. The number of nitrogens with zero attached hydrogens (tertiary/aromatic N) is 2. The van der Waals surface area contributed by atoms with Crippen LogP contribution >= 0.6 is 0 Å². The lowest BCUT2D eigenvalue weighted by molar-refractivity contribution is -0.132. The SMILES string of the molecule is CC(C)c1ccc(C(=O)N2CCN(C(=O)CCCCNC(=O)OC(C)(C)C)CC2)cc1. The molecule has 172 valence electrons. The van der Waals surface area contributed by atoms with Crippen molar-refractivity contribution < 1.29 is 19.1 Å². The number of carbonyl (C=O) groups excluding carboxylic acids is 3. The normalized spacial score (nSPS) is 14.5. The van der Waals surface area contributed by atoms with Crippen molar-refractivity contribution in [3.63, 3.8) is 0 Å². The Morgan fingerprint density at radius 1 is 0.968 bits per heavy atom. The summed E-state index contributed by atoms with van der Waals surface area (Å²) in [5, 5.41) is 2.71. The van der Waals surface area contributed by atoms with E-state index in [1.165, 1.54) is 5.56 Å². The Hall–Kier alpha value is -2.57. The van der Waals surface area contributed by atoms with Gasteiger partial charge in [-0.3, -0.25) is 9.59 Å². The van der Waals surface area contributed by atoms with Crippen LogP contribution in [0.2, 0.25) is 0 Å². The summed E-state index contributed by atoms with van der Waals surface area (Å²) in [7, 11) is 0. The molecule has 1 aromatic carbocycles. The first-order valence-corrected chi connectivity index (χ1v) is 11.2. The molecule has 0 bridgehead atoms. The third-order valence-electron chi connectivity index (χ3n) is 5.23. The number of alkyl carbamates (subject to hydrolysis) is 1. The van der Waals surface area contributed by atoms with E-state index in [9.17, 15) is 14.4 Å². The molecule has 1 aliphatic heterocycles. The second-order valence-electron chi connectivity index (χ2n) is 9.34. The molecule has 1 heterocycles. The highest BCUT2D eigenvalue weighted by molar-refractivity contribution is 5.94. The van der Waals surface area contributed by atoms with Gasteiger partial charge in [0.25, 0.3) is 5.91 Å². The van der Waals surface area contributed by atoms with Gasteiger partial charge < -0.3 is 19.9 Å². The summed E-state index contributed by atoms with van der Waals surface area (Å²) in [6.45, 7) is 12.4. The highest BCUT2D eigenvalue weighted by Gasteiger charge is 2.24. The summed E-state index contributed by atoms with van der Waals surface area (Å²) in [6.07, 6.45) is 1.44. The fourth-order valence-electron chi connectivity index (χ4n) is 3.42. The zero-order valence-electron chi connectivity index (χ0n) is 19.6. The molecule has 3 amide bonds. The van der Waals surface area contributed by atoms with Crippen LogP contribution in [0, 0.1) is 0 Å². The molecule has 2 rings (SSSR count). The maximum atomic E-state index is 12.7. The van der Waals surface area contributed by atoms with Gasteiger partial charge in [-0.05, 0) is 57.2 Å². The Kier molecular flexibility index (Phi) is 8.89. The number of hydrogen-bond acceptors (Lipinski definition) is 4. The Morgan fingerprint density at radius 3 is 2.10 bits per heavy atom. The summed E-state index contributed by atoms with van der Waals surface area (Å²) >= 11 is 0. The lowest BCUT2D eigenvalue weighted by atomic mass is 10.0. The zero-order valence-corrected chi connectivity index (χ0v) is 19.6. The van der Waals surface area contributed by atoms with Crippen molar-refractivity contribution in [1.82, 2.24) is 15.1 Å². The second-order valence-corrected chi connectivity index (χ2v) is 9.34. The average molecular weight is 432 g/mol. The number of hydrogen-bond donors (Lipinski definition) is 1. The number of nitrogens with one attached hydrogen (secondary N) is 1. The van der Waals surface area contributed by atoms with Gasteiger partial charge in [0.15, 0.2) is 0 Å². The Balaban J connectivity index is 1.67. The van der Waals surface area contributed by atoms with E-state index in [0.29, 0.717) is 57.0 Å². The first-order valence-electron chi connectivity index (χ1n) is 11.2. The molecular weight excluding hydrogens is 394 g/mol. The van der Waals surface area contributed by atoms with Gasteiger partial charge in [-0.1, -0.05) is 26.0 Å². The second kappa shape index (κ2) is 11.2. The van der Waals surface area contributed by atoms with Crippen LogP contribution in [0.15, 0.2) is 24.3 Å². The van der Waals surface area contributed by atoms with E-state index in [2.05, 4.69) is 19.2 Å². The number of benzene rings is 1. The molecule has 31 heavy (non-hydrogen) atoms. The summed E-state index contributed by atoms with van der Waals surface area (Å²) in [5.41, 5.74) is 1.40. The Morgan fingerprint density at radius 2 is 1.55 bits per heavy atom. The van der Waals surface area contributed by atoms with E-state index in [-0.39, 0.29) is 11.8 Å². The van der Waals surface area contributed by atoms with Crippen molar-refractivity contribution >= 4 is 17.9 Å². The highest BCUT2D eigenvalue weighted by atomic mass is 16.6. The molecule has 1 saturated heterocycles. The zero-order chi connectivity index (χ0) is 23.0. The Labute approximate surface area is 186 Å². The van der Waals surface area contributed by atoms with Crippen LogP contribution in [0.3, 0.4) is 0 Å². The van der Waals surface area contributed by atoms with E-state index < -0.39 is 11.7 Å². The number of piperazine rings is 1. The first-order chi connectivity index (χ1) is 14.6. The van der Waals surface area contributed by atoms with Gasteiger partial charge in [0, 0.05) is 44.7 Å². The molecule has 1 aliphatic rings. The minimum absolute atomic E-state index is 0.0237. The van der Waals surface area contributed by atoms with E-state index >= 15 is 0 Å². The molecule has 0 saturated carbocycles. The Bertz CT molecular complexity index is 745. The number of carbonyl (C=O) groups is 3. The van der Waals surface area contributed by atoms with E-state index in [4.69, 9.17) is 4.74 Å². The van der Waals surface area contributed by atoms with Gasteiger partial charge in [0.2, 0.25) is 5.91 Å². The van der Waals surface area contributed by atoms with Gasteiger partial charge in [0.05, 0.1) is 0 Å². The third kappa shape index (κ3) is 8.23. The van der Waals surface area contributed by atoms with Gasteiger partial charge in [-0.2, -0.15) is 0 Å². The first kappa shape index (κ1) is 24.7. The summed E-state index contributed by atoms with van der Waals surface area (Å²) < 4.78 is 5.18. The summed E-state index contributed by atoms with van der Waals surface area (Å²) in [6, 6.07) is 7.80. The van der Waals surface area contributed by atoms with Crippen molar-refractivity contribution in [2.45, 2.75) is 65.4 Å². The van der Waals surface area contributed by atoms with Crippen LogP contribution in [0.5, 0.6) is 0 Å². The van der Waals surface area contributed by atoms with Crippen LogP contribution in [-0.4, -0.2) is 66.0 Å². The van der Waals surface area contributed by atoms with Gasteiger partial charge in [0.1, 0.15) is 5.60 Å². The minimum Gasteiger partial charge on any atom is -0.444 e. The average Bonchev–Trinajstić information content (AvgIpc) is 2.71. The van der Waals surface area contributed by atoms with Crippen molar-refractivity contribution in [3.05, 3.63) is 35.4 Å². The molecule has 7 nitrogen and oxygen atoms in total. The van der Waals surface area contributed by atoms with E-state index in [0.717, 1.165) is 6.42 Å². The number of rotatable bonds is 7. The number of ether oxygens (including phenoxy) is 1. The summed E-state index contributed by atoms with van der Waals surface area (Å²) in [5.74, 6) is 0.563. The van der Waals surface area contributed by atoms with Gasteiger partial charge in [-0.15, -0.1) is 0 Å². The molecule has 1 fully saturated rings. The molecular formula is C24H37N3O4. The quantitative estimate of drug-likeness (QED) is 0.666. The molecule has 0 atom stereocenters. The lowest BCUT2D eigenvalue weighted by Gasteiger charge is -2.35. The van der Waals surface area contributed by atoms with Crippen LogP contribution in [0.25, 0.3) is 0 Å². The fourth-order valence-corrected chi connectivity index (χ4v) is 3.42. The van der Waals surface area contributed by atoms with Crippen LogP contribution < -0.4 is 5.32 Å². The maximum absolute atomic E-state index is 12.7. The standard InChI is InChI=1S/C24H37N3O4/c1-18(2)19-9-11-20(12-10-19)22(29)27-16-14-26(15-17-27)21(28)8-6-7-13-25-23(30)31-24(3,4)5/h9-12,18H,6-8,13-17H2,1-5H3,(H,25,30). The number of unbranched alkanes of at least 4 members (excludes halogenated alkanes) is 1. The molecule has 7 heteroatoms. The fraction of sp³-hybridized carbons (Fsp3) is 0.625. The maximum Gasteiger partial charge on any atom is 0.407 e. The van der Waals surface area contributed by atoms with Crippen molar-refractivity contribution in [2.75, 3.05) is 32.7 Å². The van der Waals surface area contributed by atoms with Gasteiger partial charge >= 0.3 is 6.09 Å². The molecule has 1 N–H and O–H groups in total. The van der Waals surface area contributed by atoms with Crippen LogP contribution in [-0.2, 0) is 9.53 Å². The summed E-state index contributed by atoms with van der Waals surface area (Å²) in [4.78, 5) is 40.4. The molecule has 0 aliphatic carbocycles. The third-order valence-corrected chi connectivity index (χ3v) is 5.23. The van der Waals surface area contributed by atoms with E-state index in [1.807, 2.05) is 54.8 Å². The topological polar surface area (TPSA) is 79.0 Å². The van der Waals surface area contributed by atoms with E-state index in [1.54, 1.807) is 0 Å². The van der Waals surface area contributed by atoms with Crippen molar-refractivity contribution in [2.24, 2.45) is 0 Å². The van der Waals surface area contributed by atoms with Crippen LogP contribution in [0.4, 0.5) is 4.79 Å². The number of amides is 3. The molecule has 0 radical (unpaired) electrons. The lowest BCUT2D eigenvalue weighted by Crippen LogP contribution is -2.50. The van der Waals surface area contributed by atoms with Crippen LogP contribution in [0.1, 0.15) is 75.7 Å². The molecule has 1 aromatic rings. The van der Waals surface area contributed by atoms with Crippen molar-refractivity contribution in [3.8, 4) is 0 Å². The van der Waals surface area contributed by atoms with Gasteiger partial charge in [-0.25, -0.2) is 4.79 Å². The largest absolute Gasteiger partial charge is 0.444 e. The predicted octanol–water partition coefficient (Wildman–Crippen LogP) is 3.79. The highest BCUT2D eigenvalue weighted by Crippen LogP contribution is 2.16. The van der Waals surface area contributed by atoms with Crippen molar-refractivity contribution in [1.29, 1.82) is 0 Å². The predicted molar refractivity (Wildman–Crippen MR) is 121 cm³/mol. The molecule has 0 aromatic heterocycles. The smallest absolute Gasteiger partial charge is 0.407 e. The molecule has 0 unspecified atom stereocenters.